The van der Waals surface area contributed by atoms with Crippen LogP contribution in [0, 0.1) is 6.92 Å². The Kier molecular flexibility index (Phi) is 3.96. The molecule has 0 aliphatic rings. The fourth-order valence-electron chi connectivity index (χ4n) is 1.72. The number of hydrogen-bond donors (Lipinski definition) is 3. The van der Waals surface area contributed by atoms with Crippen molar-refractivity contribution in [1.82, 2.24) is 4.72 Å². The molecule has 5 nitrogen and oxygen atoms in total. The Bertz CT molecular complexity index is 710. The Morgan fingerprint density at radius 3 is 2.30 bits per heavy atom. The molecule has 0 radical (unpaired) electrons. The molecule has 2 aromatic carbocycles. The first kappa shape index (κ1) is 14.4. The molecule has 0 heterocycles. The molecule has 0 spiro atoms. The summed E-state index contributed by atoms with van der Waals surface area (Å²) in [6.07, 6.45) is 0. The summed E-state index contributed by atoms with van der Waals surface area (Å²) in [5.74, 6) is 0. The van der Waals surface area contributed by atoms with Gasteiger partial charge in [0.25, 0.3) is 0 Å². The van der Waals surface area contributed by atoms with Gasteiger partial charge in [0.15, 0.2) is 0 Å². The SMILES string of the molecule is CNS(=O)(=O)c1ccc(N)c(Nc2ccc(C)cc2)c1. The maximum atomic E-state index is 11.8. The number of hydrogen-bond acceptors (Lipinski definition) is 4. The smallest absolute Gasteiger partial charge is 0.240 e. The molecule has 6 heteroatoms. The van der Waals surface area contributed by atoms with Crippen molar-refractivity contribution in [3.63, 3.8) is 0 Å². The first-order valence-corrected chi connectivity index (χ1v) is 7.57. The van der Waals surface area contributed by atoms with Crippen molar-refractivity contribution in [2.75, 3.05) is 18.1 Å². The monoisotopic (exact) mass is 291 g/mol. The van der Waals surface area contributed by atoms with Crippen molar-refractivity contribution >= 4 is 27.1 Å². The second kappa shape index (κ2) is 5.52. The van der Waals surface area contributed by atoms with Gasteiger partial charge in [-0.05, 0) is 44.3 Å². The van der Waals surface area contributed by atoms with E-state index < -0.39 is 10.0 Å². The van der Waals surface area contributed by atoms with E-state index in [2.05, 4.69) is 10.0 Å². The largest absolute Gasteiger partial charge is 0.397 e. The zero-order valence-corrected chi connectivity index (χ0v) is 12.2. The van der Waals surface area contributed by atoms with Crippen molar-refractivity contribution in [3.05, 3.63) is 48.0 Å². The lowest BCUT2D eigenvalue weighted by Crippen LogP contribution is -2.18. The molecular formula is C14H17N3O2S. The number of benzene rings is 2. The normalized spacial score (nSPS) is 11.3. The van der Waals surface area contributed by atoms with E-state index in [1.807, 2.05) is 31.2 Å². The molecule has 106 valence electrons. The van der Waals surface area contributed by atoms with Gasteiger partial charge in [0.05, 0.1) is 16.3 Å². The van der Waals surface area contributed by atoms with Crippen LogP contribution in [0.1, 0.15) is 5.56 Å². The van der Waals surface area contributed by atoms with Gasteiger partial charge in [0, 0.05) is 5.69 Å². The minimum Gasteiger partial charge on any atom is -0.397 e. The average Bonchev–Trinajstić information content (AvgIpc) is 2.43. The number of sulfonamides is 1. The lowest BCUT2D eigenvalue weighted by Gasteiger charge is -2.11. The number of nitrogens with one attached hydrogen (secondary N) is 2. The summed E-state index contributed by atoms with van der Waals surface area (Å²) < 4.78 is 25.8. The highest BCUT2D eigenvalue weighted by Gasteiger charge is 2.13. The molecule has 0 aliphatic heterocycles. The van der Waals surface area contributed by atoms with E-state index in [0.717, 1.165) is 11.3 Å². The lowest BCUT2D eigenvalue weighted by molar-refractivity contribution is 0.588. The first-order valence-electron chi connectivity index (χ1n) is 6.09. The summed E-state index contributed by atoms with van der Waals surface area (Å²) in [5, 5.41) is 3.12. The highest BCUT2D eigenvalue weighted by molar-refractivity contribution is 7.89. The number of anilines is 3. The number of aryl methyl sites for hydroxylation is 1. The van der Waals surface area contributed by atoms with Gasteiger partial charge in [-0.15, -0.1) is 0 Å². The predicted octanol–water partition coefficient (Wildman–Crippen LogP) is 2.23. The van der Waals surface area contributed by atoms with E-state index in [0.29, 0.717) is 11.4 Å². The van der Waals surface area contributed by atoms with Crippen LogP contribution in [0.3, 0.4) is 0 Å². The van der Waals surface area contributed by atoms with Crippen molar-refractivity contribution in [3.8, 4) is 0 Å². The summed E-state index contributed by atoms with van der Waals surface area (Å²) in [6.45, 7) is 2.00. The maximum absolute atomic E-state index is 11.8. The molecule has 0 atom stereocenters. The first-order chi connectivity index (χ1) is 9.42. The van der Waals surface area contributed by atoms with Gasteiger partial charge in [0.1, 0.15) is 0 Å². The van der Waals surface area contributed by atoms with Crippen LogP contribution in [0.25, 0.3) is 0 Å². The van der Waals surface area contributed by atoms with Crippen LogP contribution in [-0.4, -0.2) is 15.5 Å². The topological polar surface area (TPSA) is 84.2 Å². The number of nitrogens with two attached hydrogens (primary N) is 1. The van der Waals surface area contributed by atoms with Crippen LogP contribution in [-0.2, 0) is 10.0 Å². The number of nitrogen functional groups attached to an aromatic ring is 1. The zero-order valence-electron chi connectivity index (χ0n) is 11.3. The van der Waals surface area contributed by atoms with E-state index in [1.165, 1.54) is 19.2 Å². The molecule has 0 aliphatic carbocycles. The van der Waals surface area contributed by atoms with Gasteiger partial charge in [-0.2, -0.15) is 0 Å². The van der Waals surface area contributed by atoms with E-state index in [1.54, 1.807) is 6.07 Å². The van der Waals surface area contributed by atoms with E-state index in [-0.39, 0.29) is 4.90 Å². The van der Waals surface area contributed by atoms with Gasteiger partial charge < -0.3 is 11.1 Å². The van der Waals surface area contributed by atoms with Gasteiger partial charge in [-0.1, -0.05) is 17.7 Å². The van der Waals surface area contributed by atoms with Crippen LogP contribution in [0.4, 0.5) is 17.1 Å². The van der Waals surface area contributed by atoms with Gasteiger partial charge in [-0.25, -0.2) is 13.1 Å². The molecule has 0 bridgehead atoms. The number of rotatable bonds is 4. The molecular weight excluding hydrogens is 274 g/mol. The minimum atomic E-state index is -3.48. The third-order valence-corrected chi connectivity index (χ3v) is 4.35. The van der Waals surface area contributed by atoms with Crippen molar-refractivity contribution < 1.29 is 8.42 Å². The van der Waals surface area contributed by atoms with Crippen LogP contribution in [0.2, 0.25) is 0 Å². The Morgan fingerprint density at radius 1 is 1.05 bits per heavy atom. The molecule has 0 saturated carbocycles. The van der Waals surface area contributed by atoms with E-state index in [4.69, 9.17) is 5.73 Å². The highest BCUT2D eigenvalue weighted by Crippen LogP contribution is 2.26. The van der Waals surface area contributed by atoms with Crippen LogP contribution in [0.5, 0.6) is 0 Å². The summed E-state index contributed by atoms with van der Waals surface area (Å²) in [7, 11) is -2.11. The third kappa shape index (κ3) is 3.09. The fraction of sp³-hybridized carbons (Fsp3) is 0.143. The average molecular weight is 291 g/mol. The Balaban J connectivity index is 2.36. The summed E-state index contributed by atoms with van der Waals surface area (Å²) in [5.41, 5.74) is 8.92. The molecule has 2 rings (SSSR count). The van der Waals surface area contributed by atoms with Crippen molar-refractivity contribution in [2.24, 2.45) is 0 Å². The standard InChI is InChI=1S/C14H17N3O2S/c1-10-3-5-11(6-4-10)17-14-9-12(7-8-13(14)15)20(18,19)16-2/h3-9,16-17H,15H2,1-2H3. The molecule has 2 aromatic rings. The lowest BCUT2D eigenvalue weighted by atomic mass is 10.2. The summed E-state index contributed by atoms with van der Waals surface area (Å²) in [6, 6.07) is 12.3. The second-order valence-corrected chi connectivity index (χ2v) is 6.33. The molecule has 20 heavy (non-hydrogen) atoms. The van der Waals surface area contributed by atoms with Gasteiger partial charge >= 0.3 is 0 Å². The van der Waals surface area contributed by atoms with E-state index in [9.17, 15) is 8.42 Å². The molecule has 4 N–H and O–H groups in total. The predicted molar refractivity (Wildman–Crippen MR) is 81.6 cm³/mol. The molecule has 0 unspecified atom stereocenters. The van der Waals surface area contributed by atoms with Gasteiger partial charge in [0.2, 0.25) is 10.0 Å². The Hall–Kier alpha value is -2.05. The highest BCUT2D eigenvalue weighted by atomic mass is 32.2. The Labute approximate surface area is 118 Å². The van der Waals surface area contributed by atoms with Crippen molar-refractivity contribution in [2.45, 2.75) is 11.8 Å². The summed E-state index contributed by atoms with van der Waals surface area (Å²) in [4.78, 5) is 0.170. The summed E-state index contributed by atoms with van der Waals surface area (Å²) >= 11 is 0. The maximum Gasteiger partial charge on any atom is 0.240 e. The molecule has 0 aromatic heterocycles. The zero-order chi connectivity index (χ0) is 14.8. The third-order valence-electron chi connectivity index (χ3n) is 2.93. The van der Waals surface area contributed by atoms with Crippen LogP contribution < -0.4 is 15.8 Å². The quantitative estimate of drug-likeness (QED) is 0.754. The molecule has 0 saturated heterocycles. The van der Waals surface area contributed by atoms with Crippen molar-refractivity contribution in [1.29, 1.82) is 0 Å². The molecule has 0 amide bonds. The Morgan fingerprint density at radius 2 is 1.70 bits per heavy atom. The van der Waals surface area contributed by atoms with Gasteiger partial charge in [-0.3, -0.25) is 0 Å². The van der Waals surface area contributed by atoms with Crippen LogP contribution in [0.15, 0.2) is 47.4 Å². The molecule has 0 fully saturated rings. The minimum absolute atomic E-state index is 0.170. The van der Waals surface area contributed by atoms with Crippen LogP contribution >= 0.6 is 0 Å². The fourth-order valence-corrected chi connectivity index (χ4v) is 2.48. The van der Waals surface area contributed by atoms with E-state index >= 15 is 0 Å². The second-order valence-electron chi connectivity index (χ2n) is 4.45.